The Bertz CT molecular complexity index is 241. The Morgan fingerprint density at radius 1 is 1.31 bits per heavy atom. The van der Waals surface area contributed by atoms with E-state index < -0.39 is 0 Å². The van der Waals surface area contributed by atoms with Crippen molar-refractivity contribution >= 4 is 23.5 Å². The summed E-state index contributed by atoms with van der Waals surface area (Å²) in [5.74, 6) is 2.13. The fourth-order valence-corrected chi connectivity index (χ4v) is 2.69. The van der Waals surface area contributed by atoms with E-state index >= 15 is 0 Å². The number of hydrogen-bond donors (Lipinski definition) is 0. The number of aryl methyl sites for hydroxylation is 2. The predicted octanol–water partition coefficient (Wildman–Crippen LogP) is 3.57. The van der Waals surface area contributed by atoms with Gasteiger partial charge in [-0.05, 0) is 38.0 Å². The summed E-state index contributed by atoms with van der Waals surface area (Å²) in [4.78, 5) is 0. The van der Waals surface area contributed by atoms with Gasteiger partial charge in [0.15, 0.2) is 0 Å². The van der Waals surface area contributed by atoms with Crippen LogP contribution in [0.1, 0.15) is 17.9 Å². The molecule has 74 valence electrons. The normalized spacial score (nSPS) is 11.1. The molecule has 1 aromatic heterocycles. The summed E-state index contributed by atoms with van der Waals surface area (Å²) in [5.41, 5.74) is 0. The van der Waals surface area contributed by atoms with Crippen molar-refractivity contribution in [2.45, 2.75) is 24.3 Å². The lowest BCUT2D eigenvalue weighted by molar-refractivity contribution is 0.480. The molecular formula is C10H16OS2. The lowest BCUT2D eigenvalue weighted by Crippen LogP contribution is -1.97. The second kappa shape index (κ2) is 5.66. The van der Waals surface area contributed by atoms with E-state index in [0.29, 0.717) is 4.58 Å². The maximum absolute atomic E-state index is 5.50. The van der Waals surface area contributed by atoms with Gasteiger partial charge in [0.1, 0.15) is 11.5 Å². The highest BCUT2D eigenvalue weighted by molar-refractivity contribution is 8.16. The maximum Gasteiger partial charge on any atom is 0.104 e. The molecule has 0 spiro atoms. The summed E-state index contributed by atoms with van der Waals surface area (Å²) in [6.45, 7) is 1.99. The van der Waals surface area contributed by atoms with Crippen LogP contribution in [0.5, 0.6) is 0 Å². The highest BCUT2D eigenvalue weighted by atomic mass is 32.2. The lowest BCUT2D eigenvalue weighted by Gasteiger charge is -2.09. The summed E-state index contributed by atoms with van der Waals surface area (Å²) >= 11 is 3.83. The Kier molecular flexibility index (Phi) is 4.81. The molecule has 0 N–H and O–H groups in total. The smallest absolute Gasteiger partial charge is 0.104 e. The van der Waals surface area contributed by atoms with Crippen LogP contribution in [0.25, 0.3) is 0 Å². The Hall–Kier alpha value is -0.0200. The maximum atomic E-state index is 5.50. The van der Waals surface area contributed by atoms with Crippen LogP contribution in [-0.4, -0.2) is 17.1 Å². The van der Waals surface area contributed by atoms with Gasteiger partial charge in [-0.2, -0.15) is 23.5 Å². The molecule has 0 bridgehead atoms. The first kappa shape index (κ1) is 11.1. The van der Waals surface area contributed by atoms with Crippen LogP contribution in [0.4, 0.5) is 0 Å². The molecular weight excluding hydrogens is 200 g/mol. The second-order valence-corrected chi connectivity index (χ2v) is 5.33. The lowest BCUT2D eigenvalue weighted by atomic mass is 10.3. The zero-order valence-corrected chi connectivity index (χ0v) is 10.0. The van der Waals surface area contributed by atoms with Gasteiger partial charge in [0.05, 0.1) is 4.58 Å². The van der Waals surface area contributed by atoms with E-state index in [9.17, 15) is 0 Å². The third-order valence-electron chi connectivity index (χ3n) is 1.95. The number of hydrogen-bond acceptors (Lipinski definition) is 3. The van der Waals surface area contributed by atoms with E-state index in [1.54, 1.807) is 0 Å². The van der Waals surface area contributed by atoms with Crippen LogP contribution < -0.4 is 0 Å². The number of thioether (sulfide) groups is 2. The summed E-state index contributed by atoms with van der Waals surface area (Å²) in [7, 11) is 0. The molecule has 3 heteroatoms. The van der Waals surface area contributed by atoms with Gasteiger partial charge in [-0.3, -0.25) is 0 Å². The average Bonchev–Trinajstić information content (AvgIpc) is 2.53. The van der Waals surface area contributed by atoms with Crippen molar-refractivity contribution in [2.24, 2.45) is 0 Å². The van der Waals surface area contributed by atoms with Gasteiger partial charge in [0.2, 0.25) is 0 Å². The molecule has 1 nitrogen and oxygen atoms in total. The Morgan fingerprint density at radius 3 is 2.46 bits per heavy atom. The highest BCUT2D eigenvalue weighted by Gasteiger charge is 2.06. The fraction of sp³-hybridized carbons (Fsp3) is 0.600. The molecule has 1 rings (SSSR count). The van der Waals surface area contributed by atoms with Crippen molar-refractivity contribution in [3.05, 3.63) is 23.7 Å². The largest absolute Gasteiger partial charge is 0.466 e. The summed E-state index contributed by atoms with van der Waals surface area (Å²) in [6, 6.07) is 4.11. The Balaban J connectivity index is 2.33. The number of rotatable bonds is 5. The third-order valence-corrected chi connectivity index (χ3v) is 4.63. The van der Waals surface area contributed by atoms with E-state index in [1.165, 1.54) is 6.42 Å². The predicted molar refractivity (Wildman–Crippen MR) is 62.6 cm³/mol. The highest BCUT2D eigenvalue weighted by Crippen LogP contribution is 2.24. The Morgan fingerprint density at radius 2 is 2.00 bits per heavy atom. The van der Waals surface area contributed by atoms with Gasteiger partial charge >= 0.3 is 0 Å². The molecule has 0 atom stereocenters. The first-order chi connectivity index (χ1) is 6.26. The minimum atomic E-state index is 0.699. The van der Waals surface area contributed by atoms with Crippen LogP contribution in [0.3, 0.4) is 0 Å². The molecule has 1 heterocycles. The molecule has 0 fully saturated rings. The van der Waals surface area contributed by atoms with Crippen LogP contribution in [0.2, 0.25) is 0 Å². The average molecular weight is 216 g/mol. The van der Waals surface area contributed by atoms with E-state index in [-0.39, 0.29) is 0 Å². The molecule has 0 amide bonds. The Labute approximate surface area is 88.7 Å². The summed E-state index contributed by atoms with van der Waals surface area (Å²) in [6.07, 6.45) is 6.57. The van der Waals surface area contributed by atoms with Crippen LogP contribution in [-0.2, 0) is 6.42 Å². The zero-order valence-electron chi connectivity index (χ0n) is 8.37. The third kappa shape index (κ3) is 3.69. The van der Waals surface area contributed by atoms with Crippen molar-refractivity contribution in [1.82, 2.24) is 0 Å². The molecule has 1 aromatic rings. The second-order valence-electron chi connectivity index (χ2n) is 2.95. The van der Waals surface area contributed by atoms with Crippen molar-refractivity contribution in [3.63, 3.8) is 0 Å². The minimum absolute atomic E-state index is 0.699. The van der Waals surface area contributed by atoms with Gasteiger partial charge in [0.25, 0.3) is 0 Å². The molecule has 0 unspecified atom stereocenters. The molecule has 0 aliphatic rings. The molecule has 0 aliphatic heterocycles. The zero-order chi connectivity index (χ0) is 9.68. The molecule has 0 aromatic carbocycles. The molecule has 0 aliphatic carbocycles. The molecule has 0 radical (unpaired) electrons. The van der Waals surface area contributed by atoms with E-state index in [2.05, 4.69) is 18.6 Å². The fourth-order valence-electron chi connectivity index (χ4n) is 1.21. The SMILES string of the molecule is CSC(CCc1ccc(C)o1)SC. The quantitative estimate of drug-likeness (QED) is 0.698. The van der Waals surface area contributed by atoms with E-state index in [4.69, 9.17) is 4.42 Å². The molecule has 13 heavy (non-hydrogen) atoms. The van der Waals surface area contributed by atoms with Crippen LogP contribution >= 0.6 is 23.5 Å². The van der Waals surface area contributed by atoms with E-state index in [1.807, 2.05) is 36.5 Å². The monoisotopic (exact) mass is 216 g/mol. The van der Waals surface area contributed by atoms with Gasteiger partial charge in [-0.15, -0.1) is 0 Å². The minimum Gasteiger partial charge on any atom is -0.466 e. The van der Waals surface area contributed by atoms with Crippen molar-refractivity contribution in [3.8, 4) is 0 Å². The van der Waals surface area contributed by atoms with Gasteiger partial charge in [-0.25, -0.2) is 0 Å². The van der Waals surface area contributed by atoms with Gasteiger partial charge in [0, 0.05) is 6.42 Å². The standard InChI is InChI=1S/C10H16OS2/c1-8-4-5-9(11-8)6-7-10(12-2)13-3/h4-5,10H,6-7H2,1-3H3. The van der Waals surface area contributed by atoms with Crippen LogP contribution in [0, 0.1) is 6.92 Å². The number of furan rings is 1. The van der Waals surface area contributed by atoms with Crippen molar-refractivity contribution in [1.29, 1.82) is 0 Å². The van der Waals surface area contributed by atoms with E-state index in [0.717, 1.165) is 17.9 Å². The first-order valence-electron chi connectivity index (χ1n) is 4.37. The van der Waals surface area contributed by atoms with Crippen molar-refractivity contribution in [2.75, 3.05) is 12.5 Å². The summed E-state index contributed by atoms with van der Waals surface area (Å²) < 4.78 is 6.20. The van der Waals surface area contributed by atoms with Crippen molar-refractivity contribution < 1.29 is 4.42 Å². The topological polar surface area (TPSA) is 13.1 Å². The van der Waals surface area contributed by atoms with Crippen LogP contribution in [0.15, 0.2) is 16.5 Å². The first-order valence-corrected chi connectivity index (χ1v) is 6.94. The molecule has 0 saturated heterocycles. The van der Waals surface area contributed by atoms with Gasteiger partial charge < -0.3 is 4.42 Å². The summed E-state index contributed by atoms with van der Waals surface area (Å²) in [5, 5.41) is 0. The molecule has 0 saturated carbocycles. The van der Waals surface area contributed by atoms with Gasteiger partial charge in [-0.1, -0.05) is 0 Å².